The molecule has 5 atom stereocenters. The van der Waals surface area contributed by atoms with E-state index in [1.54, 1.807) is 0 Å². The van der Waals surface area contributed by atoms with Crippen LogP contribution in [0.3, 0.4) is 0 Å². The standard InChI is InChI=1S/C25H32N6O10/c1-12(2)23-26-7-17(8-27-23)24(36)28-9-18-10-31(30-29-18)25-22(40-16(6)35)21(39-15(5)34)20(38-14(4)33)19(41-25)11-37-13(3)32/h7-8,10,12,19-22,25H,9,11H2,1-6H3,(H,28,36)/t19-,20-,21+,22-,25-/m1/s1. The number of nitrogens with zero attached hydrogens (tertiary/aromatic N) is 5. The second-order valence-electron chi connectivity index (χ2n) is 9.45. The molecule has 1 N–H and O–H groups in total. The molecular formula is C25H32N6O10. The quantitative estimate of drug-likeness (QED) is 0.300. The molecule has 0 aromatic carbocycles. The van der Waals surface area contributed by atoms with Gasteiger partial charge in [-0.2, -0.15) is 0 Å². The second kappa shape index (κ2) is 13.7. The third-order valence-electron chi connectivity index (χ3n) is 5.67. The zero-order chi connectivity index (χ0) is 30.3. The van der Waals surface area contributed by atoms with Crippen LogP contribution in [0.2, 0.25) is 0 Å². The summed E-state index contributed by atoms with van der Waals surface area (Å²) < 4.78 is 28.5. The van der Waals surface area contributed by atoms with Crippen LogP contribution in [-0.2, 0) is 49.4 Å². The maximum absolute atomic E-state index is 12.6. The van der Waals surface area contributed by atoms with Crippen molar-refractivity contribution in [2.24, 2.45) is 0 Å². The molecule has 222 valence electrons. The van der Waals surface area contributed by atoms with E-state index in [-0.39, 0.29) is 24.6 Å². The van der Waals surface area contributed by atoms with Gasteiger partial charge in [0.25, 0.3) is 5.91 Å². The van der Waals surface area contributed by atoms with Gasteiger partial charge in [-0.05, 0) is 0 Å². The molecule has 1 amide bonds. The largest absolute Gasteiger partial charge is 0.463 e. The first-order valence-corrected chi connectivity index (χ1v) is 12.7. The summed E-state index contributed by atoms with van der Waals surface area (Å²) in [6.45, 7) is 8.00. The molecule has 1 saturated heterocycles. The van der Waals surface area contributed by atoms with Gasteiger partial charge in [-0.1, -0.05) is 19.1 Å². The van der Waals surface area contributed by atoms with Crippen molar-refractivity contribution in [2.45, 2.75) is 84.6 Å². The third-order valence-corrected chi connectivity index (χ3v) is 5.67. The van der Waals surface area contributed by atoms with Crippen molar-refractivity contribution in [1.29, 1.82) is 0 Å². The Hall–Kier alpha value is -4.47. The molecule has 0 bridgehead atoms. The minimum absolute atomic E-state index is 0.0456. The van der Waals surface area contributed by atoms with Crippen LogP contribution >= 0.6 is 0 Å². The first-order chi connectivity index (χ1) is 19.3. The highest BCUT2D eigenvalue weighted by Crippen LogP contribution is 2.34. The van der Waals surface area contributed by atoms with Crippen LogP contribution in [0.15, 0.2) is 18.6 Å². The summed E-state index contributed by atoms with van der Waals surface area (Å²) in [6.07, 6.45) is -2.16. The Kier molecular flexibility index (Phi) is 10.4. The minimum Gasteiger partial charge on any atom is -0.463 e. The van der Waals surface area contributed by atoms with Gasteiger partial charge in [-0.3, -0.25) is 24.0 Å². The molecule has 2 aromatic heterocycles. The number of hydrogen-bond donors (Lipinski definition) is 1. The van der Waals surface area contributed by atoms with Crippen LogP contribution in [0.1, 0.15) is 75.6 Å². The molecule has 0 radical (unpaired) electrons. The maximum atomic E-state index is 12.6. The Bertz CT molecular complexity index is 1260. The highest BCUT2D eigenvalue weighted by molar-refractivity contribution is 5.93. The number of nitrogens with one attached hydrogen (secondary N) is 1. The van der Waals surface area contributed by atoms with Crippen molar-refractivity contribution >= 4 is 29.8 Å². The molecule has 41 heavy (non-hydrogen) atoms. The molecule has 16 heteroatoms. The van der Waals surface area contributed by atoms with Gasteiger partial charge >= 0.3 is 23.9 Å². The molecule has 1 aliphatic heterocycles. The molecule has 0 unspecified atom stereocenters. The van der Waals surface area contributed by atoms with Gasteiger partial charge in [0.1, 0.15) is 24.2 Å². The van der Waals surface area contributed by atoms with Crippen LogP contribution in [0.5, 0.6) is 0 Å². The van der Waals surface area contributed by atoms with Gasteiger partial charge in [-0.15, -0.1) is 5.10 Å². The molecule has 16 nitrogen and oxygen atoms in total. The monoisotopic (exact) mass is 576 g/mol. The third kappa shape index (κ3) is 8.51. The van der Waals surface area contributed by atoms with Gasteiger partial charge in [0.2, 0.25) is 0 Å². The van der Waals surface area contributed by atoms with Gasteiger partial charge in [-0.25, -0.2) is 14.6 Å². The second-order valence-corrected chi connectivity index (χ2v) is 9.45. The van der Waals surface area contributed by atoms with Crippen molar-refractivity contribution in [3.8, 4) is 0 Å². The van der Waals surface area contributed by atoms with Crippen molar-refractivity contribution in [1.82, 2.24) is 30.3 Å². The Balaban J connectivity index is 1.86. The van der Waals surface area contributed by atoms with Crippen LogP contribution in [0.4, 0.5) is 0 Å². The maximum Gasteiger partial charge on any atom is 0.303 e. The highest BCUT2D eigenvalue weighted by atomic mass is 16.7. The van der Waals surface area contributed by atoms with Crippen LogP contribution in [-0.4, -0.2) is 85.8 Å². The van der Waals surface area contributed by atoms with Crippen molar-refractivity contribution in [2.75, 3.05) is 6.61 Å². The van der Waals surface area contributed by atoms with E-state index in [2.05, 4.69) is 25.6 Å². The average molecular weight is 577 g/mol. The van der Waals surface area contributed by atoms with Gasteiger partial charge in [0, 0.05) is 46.0 Å². The molecule has 1 fully saturated rings. The number of amides is 1. The molecule has 1 aliphatic rings. The molecule has 0 aliphatic carbocycles. The molecular weight excluding hydrogens is 544 g/mol. The van der Waals surface area contributed by atoms with E-state index in [1.165, 1.54) is 30.2 Å². The first kappa shape index (κ1) is 31.1. The number of ether oxygens (including phenoxy) is 5. The van der Waals surface area contributed by atoms with Crippen LogP contribution in [0, 0.1) is 0 Å². The Morgan fingerprint density at radius 2 is 1.49 bits per heavy atom. The number of rotatable bonds is 10. The summed E-state index contributed by atoms with van der Waals surface area (Å²) in [5.74, 6) is -2.62. The Morgan fingerprint density at radius 3 is 2.05 bits per heavy atom. The van der Waals surface area contributed by atoms with Crippen LogP contribution in [0.25, 0.3) is 0 Å². The predicted octanol–water partition coefficient (Wildman–Crippen LogP) is 0.377. The lowest BCUT2D eigenvalue weighted by Crippen LogP contribution is -2.60. The van der Waals surface area contributed by atoms with Crippen LogP contribution < -0.4 is 5.32 Å². The summed E-state index contributed by atoms with van der Waals surface area (Å²) in [5.41, 5.74) is 0.548. The normalized spacial score (nSPS) is 22.0. The number of esters is 4. The lowest BCUT2D eigenvalue weighted by Gasteiger charge is -2.44. The number of carbonyl (C=O) groups is 5. The lowest BCUT2D eigenvalue weighted by atomic mass is 9.97. The summed E-state index contributed by atoms with van der Waals surface area (Å²) in [6, 6.07) is 0. The Morgan fingerprint density at radius 1 is 0.902 bits per heavy atom. The summed E-state index contributed by atoms with van der Waals surface area (Å²) in [4.78, 5) is 68.3. The van der Waals surface area contributed by atoms with Gasteiger partial charge in [0.15, 0.2) is 24.5 Å². The fourth-order valence-corrected chi connectivity index (χ4v) is 3.96. The molecule has 0 spiro atoms. The van der Waals surface area contributed by atoms with E-state index in [4.69, 9.17) is 23.7 Å². The number of hydrogen-bond acceptors (Lipinski definition) is 14. The molecule has 2 aromatic rings. The van der Waals surface area contributed by atoms with E-state index >= 15 is 0 Å². The first-order valence-electron chi connectivity index (χ1n) is 12.7. The van der Waals surface area contributed by atoms with Crippen molar-refractivity contribution in [3.63, 3.8) is 0 Å². The van der Waals surface area contributed by atoms with Crippen molar-refractivity contribution in [3.05, 3.63) is 35.7 Å². The lowest BCUT2D eigenvalue weighted by molar-refractivity contribution is -0.270. The van der Waals surface area contributed by atoms with E-state index in [9.17, 15) is 24.0 Å². The fourth-order valence-electron chi connectivity index (χ4n) is 3.96. The molecule has 3 heterocycles. The average Bonchev–Trinajstić information content (AvgIpc) is 3.36. The van der Waals surface area contributed by atoms with Gasteiger partial charge in [0.05, 0.1) is 18.3 Å². The molecule has 3 rings (SSSR count). The smallest absolute Gasteiger partial charge is 0.303 e. The highest BCUT2D eigenvalue weighted by Gasteiger charge is 2.53. The number of carbonyl (C=O) groups excluding carboxylic acids is 5. The summed E-state index contributed by atoms with van der Waals surface area (Å²) in [7, 11) is 0. The Labute approximate surface area is 235 Å². The zero-order valence-electron chi connectivity index (χ0n) is 23.4. The fraction of sp³-hybridized carbons (Fsp3) is 0.560. The number of aromatic nitrogens is 5. The topological polar surface area (TPSA) is 200 Å². The van der Waals surface area contributed by atoms with E-state index in [1.807, 2.05) is 13.8 Å². The van der Waals surface area contributed by atoms with E-state index < -0.39 is 60.4 Å². The predicted molar refractivity (Wildman–Crippen MR) is 135 cm³/mol. The molecule has 0 saturated carbocycles. The minimum atomic E-state index is -1.36. The van der Waals surface area contributed by atoms with Gasteiger partial charge < -0.3 is 29.0 Å². The van der Waals surface area contributed by atoms with E-state index in [0.717, 1.165) is 20.8 Å². The van der Waals surface area contributed by atoms with Crippen molar-refractivity contribution < 1.29 is 47.7 Å². The zero-order valence-corrected chi connectivity index (χ0v) is 23.4. The SMILES string of the molecule is CC(=O)OC[C@H]1O[C@@H](n2cc(CNC(=O)c3cnc(C(C)C)nc3)nn2)[C@H](OC(C)=O)[C@@H](OC(C)=O)[C@@H]1OC(C)=O. The summed E-state index contributed by atoms with van der Waals surface area (Å²) in [5, 5.41) is 10.7. The summed E-state index contributed by atoms with van der Waals surface area (Å²) >= 11 is 0. The van der Waals surface area contributed by atoms with E-state index in [0.29, 0.717) is 11.5 Å².